The van der Waals surface area contributed by atoms with E-state index in [9.17, 15) is 26.3 Å². The summed E-state index contributed by atoms with van der Waals surface area (Å²) >= 11 is 0. The molecular formula is C25H31F6N5O. The minimum atomic E-state index is -4.66. The summed E-state index contributed by atoms with van der Waals surface area (Å²) in [5.74, 6) is 0.755. The first-order valence-corrected chi connectivity index (χ1v) is 12.4. The molecule has 0 spiro atoms. The van der Waals surface area contributed by atoms with Gasteiger partial charge in [0.25, 0.3) is 0 Å². The van der Waals surface area contributed by atoms with Crippen LogP contribution in [-0.2, 0) is 12.4 Å². The van der Waals surface area contributed by atoms with Crippen molar-refractivity contribution >= 4 is 0 Å². The molecule has 0 bridgehead atoms. The highest BCUT2D eigenvalue weighted by atomic mass is 19.4. The van der Waals surface area contributed by atoms with Crippen LogP contribution in [0.3, 0.4) is 0 Å². The van der Waals surface area contributed by atoms with E-state index in [1.165, 1.54) is 12.1 Å². The molecule has 1 atom stereocenters. The van der Waals surface area contributed by atoms with Crippen LogP contribution in [0.2, 0.25) is 0 Å². The SMILES string of the molecule is CCCCCC(CCCC)CCOc1cc(-c2cc(C(F)(F)F)n[nH]2)nc(-c2cc(C(F)(F)F)n[nH]2)c1. The number of alkyl halides is 6. The van der Waals surface area contributed by atoms with Crippen LogP contribution in [0, 0.1) is 5.92 Å². The van der Waals surface area contributed by atoms with Gasteiger partial charge < -0.3 is 4.74 Å². The Balaban J connectivity index is 1.85. The molecule has 12 heteroatoms. The van der Waals surface area contributed by atoms with Gasteiger partial charge in [-0.25, -0.2) is 4.98 Å². The lowest BCUT2D eigenvalue weighted by Gasteiger charge is -2.17. The topological polar surface area (TPSA) is 79.5 Å². The van der Waals surface area contributed by atoms with Crippen molar-refractivity contribution in [3.05, 3.63) is 35.7 Å². The predicted octanol–water partition coefficient (Wildman–Crippen LogP) is 8.06. The second kappa shape index (κ2) is 12.5. The van der Waals surface area contributed by atoms with Crippen LogP contribution in [0.5, 0.6) is 5.75 Å². The second-order valence-corrected chi connectivity index (χ2v) is 9.04. The summed E-state index contributed by atoms with van der Waals surface area (Å²) in [6.07, 6.45) is -0.727. The molecule has 37 heavy (non-hydrogen) atoms. The van der Waals surface area contributed by atoms with Crippen LogP contribution in [0.4, 0.5) is 26.3 Å². The predicted molar refractivity (Wildman–Crippen MR) is 127 cm³/mol. The molecule has 0 amide bonds. The molecule has 204 valence electrons. The highest BCUT2D eigenvalue weighted by Gasteiger charge is 2.35. The van der Waals surface area contributed by atoms with Crippen molar-refractivity contribution in [2.75, 3.05) is 6.61 Å². The molecule has 6 nitrogen and oxygen atoms in total. The molecular weight excluding hydrogens is 500 g/mol. The number of rotatable bonds is 13. The Hall–Kier alpha value is -3.05. The highest BCUT2D eigenvalue weighted by Crippen LogP contribution is 2.34. The third-order valence-corrected chi connectivity index (χ3v) is 6.06. The first kappa shape index (κ1) is 28.5. The molecule has 1 unspecified atom stereocenters. The van der Waals surface area contributed by atoms with Gasteiger partial charge in [0.2, 0.25) is 0 Å². The van der Waals surface area contributed by atoms with Crippen molar-refractivity contribution in [1.29, 1.82) is 0 Å². The van der Waals surface area contributed by atoms with Crippen molar-refractivity contribution in [2.45, 2.75) is 77.6 Å². The number of unbranched alkanes of at least 4 members (excludes halogenated alkanes) is 3. The van der Waals surface area contributed by atoms with Gasteiger partial charge in [-0.2, -0.15) is 36.5 Å². The molecule has 0 fully saturated rings. The van der Waals surface area contributed by atoms with Crippen LogP contribution >= 0.6 is 0 Å². The lowest BCUT2D eigenvalue weighted by Crippen LogP contribution is -2.08. The van der Waals surface area contributed by atoms with E-state index in [-0.39, 0.29) is 28.5 Å². The van der Waals surface area contributed by atoms with Gasteiger partial charge in [0.05, 0.1) is 29.4 Å². The van der Waals surface area contributed by atoms with Gasteiger partial charge in [-0.15, -0.1) is 0 Å². The number of nitrogens with zero attached hydrogens (tertiary/aromatic N) is 3. The molecule has 3 rings (SSSR count). The van der Waals surface area contributed by atoms with E-state index in [2.05, 4.69) is 39.2 Å². The smallest absolute Gasteiger partial charge is 0.435 e. The molecule has 0 aliphatic rings. The van der Waals surface area contributed by atoms with Crippen molar-refractivity contribution in [1.82, 2.24) is 25.4 Å². The summed E-state index contributed by atoms with van der Waals surface area (Å²) in [6, 6.07) is 4.46. The Bertz CT molecular complexity index is 1050. The highest BCUT2D eigenvalue weighted by molar-refractivity contribution is 5.65. The monoisotopic (exact) mass is 531 g/mol. The van der Waals surface area contributed by atoms with E-state index in [1.807, 2.05) is 0 Å². The van der Waals surface area contributed by atoms with Gasteiger partial charge in [0.15, 0.2) is 11.4 Å². The number of pyridine rings is 1. The number of hydrogen-bond acceptors (Lipinski definition) is 4. The Kier molecular flexibility index (Phi) is 9.61. The van der Waals surface area contributed by atoms with Gasteiger partial charge in [0.1, 0.15) is 5.75 Å². The third-order valence-electron chi connectivity index (χ3n) is 6.06. The van der Waals surface area contributed by atoms with Crippen molar-refractivity contribution < 1.29 is 31.1 Å². The van der Waals surface area contributed by atoms with Gasteiger partial charge in [-0.3, -0.25) is 10.2 Å². The van der Waals surface area contributed by atoms with Crippen molar-refractivity contribution in [3.8, 4) is 28.5 Å². The summed E-state index contributed by atoms with van der Waals surface area (Å²) in [7, 11) is 0. The molecule has 0 aromatic carbocycles. The largest absolute Gasteiger partial charge is 0.493 e. The number of H-pyrrole nitrogens is 2. The molecule has 0 saturated heterocycles. The number of aromatic amines is 2. The molecule has 3 aromatic rings. The quantitative estimate of drug-likeness (QED) is 0.173. The van der Waals surface area contributed by atoms with E-state index < -0.39 is 23.7 Å². The van der Waals surface area contributed by atoms with Crippen LogP contribution in [-0.4, -0.2) is 32.0 Å². The average molecular weight is 532 g/mol. The van der Waals surface area contributed by atoms with Gasteiger partial charge >= 0.3 is 12.4 Å². The van der Waals surface area contributed by atoms with E-state index in [0.29, 0.717) is 12.5 Å². The average Bonchev–Trinajstić information content (AvgIpc) is 3.52. The zero-order valence-corrected chi connectivity index (χ0v) is 20.8. The van der Waals surface area contributed by atoms with Gasteiger partial charge in [-0.05, 0) is 24.5 Å². The molecule has 2 N–H and O–H groups in total. The maximum atomic E-state index is 13.0. The number of ether oxygens (including phenoxy) is 1. The van der Waals surface area contributed by atoms with Gasteiger partial charge in [-0.1, -0.05) is 58.8 Å². The summed E-state index contributed by atoms with van der Waals surface area (Å²) in [6.45, 7) is 4.65. The fourth-order valence-corrected chi connectivity index (χ4v) is 4.01. The first-order chi connectivity index (χ1) is 17.5. The number of nitrogens with one attached hydrogen (secondary N) is 2. The normalized spacial score (nSPS) is 13.2. The minimum absolute atomic E-state index is 0.0455. The number of aromatic nitrogens is 5. The molecule has 0 aliphatic carbocycles. The summed E-state index contributed by atoms with van der Waals surface area (Å²) in [5, 5.41) is 11.2. The van der Waals surface area contributed by atoms with Crippen LogP contribution in [0.1, 0.15) is 76.6 Å². The zero-order chi connectivity index (χ0) is 27.1. The van der Waals surface area contributed by atoms with Crippen LogP contribution in [0.15, 0.2) is 24.3 Å². The van der Waals surface area contributed by atoms with Crippen molar-refractivity contribution in [2.24, 2.45) is 5.92 Å². The number of hydrogen-bond donors (Lipinski definition) is 2. The van der Waals surface area contributed by atoms with E-state index in [0.717, 1.165) is 63.5 Å². The van der Waals surface area contributed by atoms with E-state index in [1.54, 1.807) is 0 Å². The third kappa shape index (κ3) is 8.22. The number of halogens is 6. The zero-order valence-electron chi connectivity index (χ0n) is 20.8. The molecule has 0 saturated carbocycles. The summed E-state index contributed by atoms with van der Waals surface area (Å²) in [5.41, 5.74) is -2.27. The fourth-order valence-electron chi connectivity index (χ4n) is 4.01. The van der Waals surface area contributed by atoms with Crippen LogP contribution in [0.25, 0.3) is 22.8 Å². The Morgan fingerprint density at radius 3 is 1.70 bits per heavy atom. The van der Waals surface area contributed by atoms with Gasteiger partial charge in [0, 0.05) is 12.1 Å². The maximum Gasteiger partial charge on any atom is 0.435 e. The second-order valence-electron chi connectivity index (χ2n) is 9.04. The van der Waals surface area contributed by atoms with Crippen LogP contribution < -0.4 is 4.74 Å². The lowest BCUT2D eigenvalue weighted by atomic mass is 9.93. The Morgan fingerprint density at radius 1 is 0.730 bits per heavy atom. The van der Waals surface area contributed by atoms with E-state index in [4.69, 9.17) is 4.74 Å². The molecule has 3 heterocycles. The Labute approximate surface area is 211 Å². The standard InChI is InChI=1S/C25H31F6N5O/c1-3-5-7-9-16(8-6-4-2)10-11-37-17-12-18(20-14-22(35-33-20)24(26,27)28)32-19(13-17)21-15-23(36-34-21)25(29,30)31/h12-16H,3-11H2,1-2H3,(H,33,35)(H,34,36). The van der Waals surface area contributed by atoms with E-state index >= 15 is 0 Å². The minimum Gasteiger partial charge on any atom is -0.493 e. The first-order valence-electron chi connectivity index (χ1n) is 12.4. The Morgan fingerprint density at radius 2 is 1.24 bits per heavy atom. The molecule has 0 aliphatic heterocycles. The fraction of sp³-hybridized carbons (Fsp3) is 0.560. The maximum absolute atomic E-state index is 13.0. The lowest BCUT2D eigenvalue weighted by molar-refractivity contribution is -0.142. The summed E-state index contributed by atoms with van der Waals surface area (Å²) in [4.78, 5) is 4.24. The molecule has 3 aromatic heterocycles. The summed E-state index contributed by atoms with van der Waals surface area (Å²) < 4.78 is 84.2. The molecule has 0 radical (unpaired) electrons. The van der Waals surface area contributed by atoms with Crippen molar-refractivity contribution in [3.63, 3.8) is 0 Å².